The third-order valence-electron chi connectivity index (χ3n) is 3.28. The van der Waals surface area contributed by atoms with Crippen molar-refractivity contribution in [3.63, 3.8) is 0 Å². The molecule has 0 atom stereocenters. The molecule has 1 aliphatic heterocycles. The Labute approximate surface area is 112 Å². The molecular weight excluding hydrogens is 242 g/mol. The molecule has 5 nitrogen and oxygen atoms in total. The lowest BCUT2D eigenvalue weighted by atomic mass is 9.97. The molecule has 0 bridgehead atoms. The van der Waals surface area contributed by atoms with E-state index in [2.05, 4.69) is 10.3 Å². The number of nitrogens with one attached hydrogen (secondary N) is 1. The second-order valence-electron chi connectivity index (χ2n) is 4.59. The average molecular weight is 261 g/mol. The van der Waals surface area contributed by atoms with E-state index in [9.17, 15) is 4.79 Å². The van der Waals surface area contributed by atoms with Gasteiger partial charge in [0.05, 0.1) is 7.11 Å². The summed E-state index contributed by atoms with van der Waals surface area (Å²) in [5.74, 6) is 0.819. The van der Waals surface area contributed by atoms with Crippen molar-refractivity contribution >= 4 is 11.7 Å². The lowest BCUT2D eigenvalue weighted by molar-refractivity contribution is -0.122. The van der Waals surface area contributed by atoms with Gasteiger partial charge in [0.25, 0.3) is 5.91 Å². The molecule has 1 aromatic carbocycles. The summed E-state index contributed by atoms with van der Waals surface area (Å²) in [5.41, 5.74) is 6.59. The molecule has 2 rings (SSSR count). The quantitative estimate of drug-likeness (QED) is 0.627. The first kappa shape index (κ1) is 13.5. The monoisotopic (exact) mass is 261 g/mol. The minimum absolute atomic E-state index is 0.00888. The van der Waals surface area contributed by atoms with E-state index in [0.29, 0.717) is 11.3 Å². The number of ether oxygens (including phenoxy) is 1. The van der Waals surface area contributed by atoms with Gasteiger partial charge in [0.15, 0.2) is 0 Å². The van der Waals surface area contributed by atoms with Crippen molar-refractivity contribution < 1.29 is 9.53 Å². The van der Waals surface area contributed by atoms with Crippen LogP contribution in [0.3, 0.4) is 0 Å². The highest BCUT2D eigenvalue weighted by molar-refractivity contribution is 6.04. The van der Waals surface area contributed by atoms with Crippen molar-refractivity contribution in [3.05, 3.63) is 29.8 Å². The van der Waals surface area contributed by atoms with E-state index < -0.39 is 0 Å². The van der Waals surface area contributed by atoms with E-state index in [0.717, 1.165) is 25.9 Å². The predicted molar refractivity (Wildman–Crippen MR) is 74.3 cm³/mol. The van der Waals surface area contributed by atoms with Crippen LogP contribution in [0.5, 0.6) is 5.75 Å². The number of carbonyl (C=O) groups is 1. The molecule has 1 amide bonds. The molecule has 102 valence electrons. The summed E-state index contributed by atoms with van der Waals surface area (Å²) in [7, 11) is 1.59. The van der Waals surface area contributed by atoms with Crippen LogP contribution in [0.15, 0.2) is 29.3 Å². The number of amides is 1. The number of nitrogens with zero attached hydrogens (tertiary/aromatic N) is 1. The number of carbonyl (C=O) groups excluding carboxylic acids is 1. The Kier molecular flexibility index (Phi) is 4.52. The molecule has 0 aromatic heterocycles. The number of hydrogen-bond donors (Lipinski definition) is 2. The molecule has 0 saturated carbocycles. The first-order valence-corrected chi connectivity index (χ1v) is 6.44. The third-order valence-corrected chi connectivity index (χ3v) is 3.28. The van der Waals surface area contributed by atoms with Crippen LogP contribution in [0.1, 0.15) is 18.4 Å². The highest BCUT2D eigenvalue weighted by Crippen LogP contribution is 2.15. The number of hydrogen-bond acceptors (Lipinski definition) is 3. The van der Waals surface area contributed by atoms with Gasteiger partial charge in [0.1, 0.15) is 11.6 Å². The molecular formula is C14H19N3O2. The van der Waals surface area contributed by atoms with Crippen molar-refractivity contribution in [1.29, 1.82) is 0 Å². The maximum absolute atomic E-state index is 12.0. The van der Waals surface area contributed by atoms with Crippen LogP contribution in [0, 0.1) is 5.92 Å². The van der Waals surface area contributed by atoms with Gasteiger partial charge >= 0.3 is 0 Å². The molecule has 1 fully saturated rings. The molecule has 3 N–H and O–H groups in total. The van der Waals surface area contributed by atoms with E-state index in [4.69, 9.17) is 10.5 Å². The molecule has 1 aromatic rings. The van der Waals surface area contributed by atoms with E-state index in [1.165, 1.54) is 0 Å². The van der Waals surface area contributed by atoms with Crippen molar-refractivity contribution in [2.75, 3.05) is 20.2 Å². The van der Waals surface area contributed by atoms with Crippen LogP contribution >= 0.6 is 0 Å². The van der Waals surface area contributed by atoms with Gasteiger partial charge in [-0.25, -0.2) is 0 Å². The summed E-state index contributed by atoms with van der Waals surface area (Å²) in [5, 5.41) is 3.22. The van der Waals surface area contributed by atoms with E-state index in [-0.39, 0.29) is 17.7 Å². The zero-order chi connectivity index (χ0) is 13.7. The lowest BCUT2D eigenvalue weighted by Gasteiger charge is -2.19. The number of nitrogens with two attached hydrogens (primary N) is 1. The molecule has 1 heterocycles. The number of rotatable bonds is 3. The van der Waals surface area contributed by atoms with Crippen LogP contribution in [-0.2, 0) is 4.79 Å². The standard InChI is InChI=1S/C14H19N3O2/c1-19-12-4-2-3-11(9-12)13(15)17-14(18)10-5-7-16-8-6-10/h2-4,9-10,16H,5-8H2,1H3,(H2,15,17,18). The summed E-state index contributed by atoms with van der Waals surface area (Å²) in [6, 6.07) is 7.24. The normalized spacial score (nSPS) is 17.2. The first-order chi connectivity index (χ1) is 9.20. The fourth-order valence-electron chi connectivity index (χ4n) is 2.13. The Morgan fingerprint density at radius 2 is 2.16 bits per heavy atom. The van der Waals surface area contributed by atoms with Gasteiger partial charge in [-0.15, -0.1) is 0 Å². The average Bonchev–Trinajstić information content (AvgIpc) is 2.48. The van der Waals surface area contributed by atoms with E-state index >= 15 is 0 Å². The maximum Gasteiger partial charge on any atom is 0.250 e. The van der Waals surface area contributed by atoms with Crippen LogP contribution in [0.25, 0.3) is 0 Å². The second-order valence-corrected chi connectivity index (χ2v) is 4.59. The fraction of sp³-hybridized carbons (Fsp3) is 0.429. The Morgan fingerprint density at radius 1 is 1.42 bits per heavy atom. The number of piperidine rings is 1. The van der Waals surface area contributed by atoms with Crippen LogP contribution in [0.4, 0.5) is 0 Å². The summed E-state index contributed by atoms with van der Waals surface area (Å²) in [6.07, 6.45) is 1.65. The number of benzene rings is 1. The molecule has 1 saturated heterocycles. The molecule has 0 radical (unpaired) electrons. The highest BCUT2D eigenvalue weighted by Gasteiger charge is 2.20. The van der Waals surface area contributed by atoms with Gasteiger partial charge in [-0.3, -0.25) is 4.79 Å². The van der Waals surface area contributed by atoms with Gasteiger partial charge < -0.3 is 15.8 Å². The van der Waals surface area contributed by atoms with Gasteiger partial charge in [0.2, 0.25) is 0 Å². The summed E-state index contributed by atoms with van der Waals surface area (Å²) >= 11 is 0. The van der Waals surface area contributed by atoms with Crippen molar-refractivity contribution in [1.82, 2.24) is 5.32 Å². The van der Waals surface area contributed by atoms with E-state index in [1.54, 1.807) is 13.2 Å². The zero-order valence-electron chi connectivity index (χ0n) is 11.1. The second kappa shape index (κ2) is 6.33. The number of methoxy groups -OCH3 is 1. The van der Waals surface area contributed by atoms with E-state index in [1.807, 2.05) is 18.2 Å². The van der Waals surface area contributed by atoms with Crippen molar-refractivity contribution in [3.8, 4) is 5.75 Å². The molecule has 0 spiro atoms. The topological polar surface area (TPSA) is 76.7 Å². The van der Waals surface area contributed by atoms with Crippen LogP contribution in [0.2, 0.25) is 0 Å². The maximum atomic E-state index is 12.0. The minimum atomic E-state index is -0.123. The molecule has 5 heteroatoms. The first-order valence-electron chi connectivity index (χ1n) is 6.44. The Morgan fingerprint density at radius 3 is 2.84 bits per heavy atom. The Balaban J connectivity index is 2.10. The summed E-state index contributed by atoms with van der Waals surface area (Å²) in [6.45, 7) is 1.73. The zero-order valence-corrected chi connectivity index (χ0v) is 11.1. The SMILES string of the molecule is COc1cccc(C(N)=NC(=O)C2CCNCC2)c1. The Bertz CT molecular complexity index is 479. The smallest absolute Gasteiger partial charge is 0.250 e. The van der Waals surface area contributed by atoms with Crippen molar-refractivity contribution in [2.45, 2.75) is 12.8 Å². The lowest BCUT2D eigenvalue weighted by Crippen LogP contribution is -2.32. The number of amidine groups is 1. The third kappa shape index (κ3) is 3.54. The molecule has 0 aliphatic carbocycles. The van der Waals surface area contributed by atoms with Crippen LogP contribution in [-0.4, -0.2) is 31.9 Å². The molecule has 0 unspecified atom stereocenters. The predicted octanol–water partition coefficient (Wildman–Crippen LogP) is 0.927. The van der Waals surface area contributed by atoms with Crippen molar-refractivity contribution in [2.24, 2.45) is 16.6 Å². The summed E-state index contributed by atoms with van der Waals surface area (Å²) in [4.78, 5) is 16.0. The Hall–Kier alpha value is -1.88. The largest absolute Gasteiger partial charge is 0.497 e. The van der Waals surface area contributed by atoms with Gasteiger partial charge in [-0.05, 0) is 38.1 Å². The highest BCUT2D eigenvalue weighted by atomic mass is 16.5. The van der Waals surface area contributed by atoms with Gasteiger partial charge in [0, 0.05) is 11.5 Å². The van der Waals surface area contributed by atoms with Gasteiger partial charge in [-0.1, -0.05) is 12.1 Å². The molecule has 1 aliphatic rings. The van der Waals surface area contributed by atoms with Gasteiger partial charge in [-0.2, -0.15) is 4.99 Å². The fourth-order valence-corrected chi connectivity index (χ4v) is 2.13. The molecule has 19 heavy (non-hydrogen) atoms. The van der Waals surface area contributed by atoms with Crippen LogP contribution < -0.4 is 15.8 Å². The summed E-state index contributed by atoms with van der Waals surface area (Å²) < 4.78 is 5.12. The number of aliphatic imine (C=N–C) groups is 1. The minimum Gasteiger partial charge on any atom is -0.497 e.